The van der Waals surface area contributed by atoms with E-state index in [9.17, 15) is 13.2 Å². The summed E-state index contributed by atoms with van der Waals surface area (Å²) in [4.78, 5) is 6.29. The Hall–Kier alpha value is -1.80. The van der Waals surface area contributed by atoms with Crippen molar-refractivity contribution in [1.82, 2.24) is 10.2 Å². The normalized spacial score (nSPS) is 21.4. The first kappa shape index (κ1) is 19.9. The molecule has 0 radical (unpaired) electrons. The molecule has 0 spiro atoms. The third kappa shape index (κ3) is 5.84. The van der Waals surface area contributed by atoms with Crippen molar-refractivity contribution in [2.24, 2.45) is 10.9 Å². The molecule has 1 N–H and O–H groups in total. The number of benzene rings is 1. The monoisotopic (exact) mass is 385 g/mol. The highest BCUT2D eigenvalue weighted by molar-refractivity contribution is 5.80. The average Bonchev–Trinajstić information content (AvgIpc) is 3.49. The van der Waals surface area contributed by atoms with E-state index in [0.29, 0.717) is 44.4 Å². The number of alkyl halides is 3. The van der Waals surface area contributed by atoms with Crippen LogP contribution in [0, 0.1) is 5.92 Å². The first-order valence-corrected chi connectivity index (χ1v) is 9.29. The highest BCUT2D eigenvalue weighted by atomic mass is 19.4. The summed E-state index contributed by atoms with van der Waals surface area (Å²) in [7, 11) is 1.70. The standard InChI is InChI=1S/C19H26F3N3O2/c1-23-18(24-7-9-26-13-14-5-6-14)25-8-10-27-17(12-25)15-3-2-4-16(11-15)19(20,21)22/h2-4,11,14,17H,5-10,12-13H2,1H3,(H,23,24). The van der Waals surface area contributed by atoms with E-state index in [4.69, 9.17) is 9.47 Å². The molecule has 0 bridgehead atoms. The number of guanidine groups is 1. The molecule has 3 rings (SSSR count). The lowest BCUT2D eigenvalue weighted by Gasteiger charge is -2.35. The van der Waals surface area contributed by atoms with Crippen molar-refractivity contribution in [3.63, 3.8) is 0 Å². The number of hydrogen-bond acceptors (Lipinski definition) is 3. The van der Waals surface area contributed by atoms with Gasteiger partial charge in [0.1, 0.15) is 6.10 Å². The second kappa shape index (κ2) is 8.93. The Morgan fingerprint density at radius 2 is 2.19 bits per heavy atom. The minimum Gasteiger partial charge on any atom is -0.379 e. The molecular formula is C19H26F3N3O2. The fraction of sp³-hybridized carbons (Fsp3) is 0.632. The minimum absolute atomic E-state index is 0.425. The van der Waals surface area contributed by atoms with Gasteiger partial charge in [-0.25, -0.2) is 0 Å². The summed E-state index contributed by atoms with van der Waals surface area (Å²) < 4.78 is 50.2. The molecule has 150 valence electrons. The van der Waals surface area contributed by atoms with Crippen molar-refractivity contribution in [1.29, 1.82) is 0 Å². The fourth-order valence-corrected chi connectivity index (χ4v) is 3.06. The van der Waals surface area contributed by atoms with Gasteiger partial charge in [0.25, 0.3) is 0 Å². The molecule has 8 heteroatoms. The summed E-state index contributed by atoms with van der Waals surface area (Å²) in [6.07, 6.45) is -2.26. The first-order chi connectivity index (χ1) is 13.0. The highest BCUT2D eigenvalue weighted by Crippen LogP contribution is 2.32. The Morgan fingerprint density at radius 1 is 1.37 bits per heavy atom. The van der Waals surface area contributed by atoms with E-state index in [1.807, 2.05) is 4.90 Å². The van der Waals surface area contributed by atoms with Crippen molar-refractivity contribution in [3.8, 4) is 0 Å². The van der Waals surface area contributed by atoms with Gasteiger partial charge in [-0.15, -0.1) is 0 Å². The van der Waals surface area contributed by atoms with E-state index >= 15 is 0 Å². The predicted octanol–water partition coefficient (Wildman–Crippen LogP) is 3.08. The lowest BCUT2D eigenvalue weighted by atomic mass is 10.0. The van der Waals surface area contributed by atoms with Crippen LogP contribution in [0.15, 0.2) is 29.3 Å². The Labute approximate surface area is 157 Å². The third-order valence-corrected chi connectivity index (χ3v) is 4.74. The molecule has 0 aromatic heterocycles. The molecule has 5 nitrogen and oxygen atoms in total. The molecule has 1 aromatic rings. The Morgan fingerprint density at radius 3 is 2.89 bits per heavy atom. The molecule has 1 heterocycles. The molecule has 1 unspecified atom stereocenters. The Balaban J connectivity index is 1.54. The van der Waals surface area contributed by atoms with Crippen LogP contribution in [-0.4, -0.2) is 57.4 Å². The molecule has 1 saturated carbocycles. The summed E-state index contributed by atoms with van der Waals surface area (Å²) in [6, 6.07) is 5.33. The van der Waals surface area contributed by atoms with Crippen LogP contribution in [0.1, 0.15) is 30.1 Å². The zero-order valence-corrected chi connectivity index (χ0v) is 15.5. The second-order valence-electron chi connectivity index (χ2n) is 6.92. The van der Waals surface area contributed by atoms with Crippen LogP contribution in [0.25, 0.3) is 0 Å². The van der Waals surface area contributed by atoms with E-state index in [1.165, 1.54) is 18.9 Å². The lowest BCUT2D eigenvalue weighted by molar-refractivity contribution is -0.137. The number of nitrogens with one attached hydrogen (secondary N) is 1. The third-order valence-electron chi connectivity index (χ3n) is 4.74. The molecule has 1 aliphatic heterocycles. The van der Waals surface area contributed by atoms with Crippen LogP contribution in [0.2, 0.25) is 0 Å². The van der Waals surface area contributed by atoms with Gasteiger partial charge in [-0.2, -0.15) is 13.2 Å². The molecule has 1 saturated heterocycles. The average molecular weight is 385 g/mol. The van der Waals surface area contributed by atoms with Crippen LogP contribution in [0.3, 0.4) is 0 Å². The molecule has 1 atom stereocenters. The number of rotatable bonds is 6. The number of hydrogen-bond donors (Lipinski definition) is 1. The summed E-state index contributed by atoms with van der Waals surface area (Å²) >= 11 is 0. The van der Waals surface area contributed by atoms with Crippen molar-refractivity contribution >= 4 is 5.96 Å². The van der Waals surface area contributed by atoms with Gasteiger partial charge in [0, 0.05) is 26.7 Å². The number of morpholine rings is 1. The van der Waals surface area contributed by atoms with E-state index < -0.39 is 17.8 Å². The van der Waals surface area contributed by atoms with Gasteiger partial charge in [0.05, 0.1) is 25.3 Å². The van der Waals surface area contributed by atoms with Crippen LogP contribution in [0.4, 0.5) is 13.2 Å². The number of nitrogens with zero attached hydrogens (tertiary/aromatic N) is 2. The summed E-state index contributed by atoms with van der Waals surface area (Å²) in [5.74, 6) is 1.45. The second-order valence-corrected chi connectivity index (χ2v) is 6.92. The van der Waals surface area contributed by atoms with E-state index in [-0.39, 0.29) is 0 Å². The summed E-state index contributed by atoms with van der Waals surface area (Å²) in [5.41, 5.74) is -0.131. The smallest absolute Gasteiger partial charge is 0.379 e. The summed E-state index contributed by atoms with van der Waals surface area (Å²) in [5, 5.41) is 3.26. The molecule has 0 amide bonds. The number of halogens is 3. The fourth-order valence-electron chi connectivity index (χ4n) is 3.06. The van der Waals surface area contributed by atoms with Gasteiger partial charge >= 0.3 is 6.18 Å². The predicted molar refractivity (Wildman–Crippen MR) is 96.6 cm³/mol. The minimum atomic E-state index is -4.36. The van der Waals surface area contributed by atoms with Gasteiger partial charge in [0.2, 0.25) is 0 Å². The van der Waals surface area contributed by atoms with Gasteiger partial charge < -0.3 is 19.7 Å². The van der Waals surface area contributed by atoms with Gasteiger partial charge in [-0.3, -0.25) is 4.99 Å². The maximum Gasteiger partial charge on any atom is 0.416 e. The van der Waals surface area contributed by atoms with Gasteiger partial charge in [-0.05, 0) is 36.5 Å². The number of aliphatic imine (C=N–C) groups is 1. The molecular weight excluding hydrogens is 359 g/mol. The van der Waals surface area contributed by atoms with E-state index in [0.717, 1.165) is 24.7 Å². The quantitative estimate of drug-likeness (QED) is 0.464. The molecule has 27 heavy (non-hydrogen) atoms. The van der Waals surface area contributed by atoms with Crippen molar-refractivity contribution < 1.29 is 22.6 Å². The van der Waals surface area contributed by atoms with Crippen LogP contribution >= 0.6 is 0 Å². The van der Waals surface area contributed by atoms with Gasteiger partial charge in [-0.1, -0.05) is 12.1 Å². The summed E-state index contributed by atoms with van der Waals surface area (Å²) in [6.45, 7) is 3.58. The van der Waals surface area contributed by atoms with Crippen LogP contribution in [0.5, 0.6) is 0 Å². The molecule has 1 aromatic carbocycles. The topological polar surface area (TPSA) is 46.1 Å². The number of ether oxygens (including phenoxy) is 2. The molecule has 2 fully saturated rings. The van der Waals surface area contributed by atoms with Crippen molar-refractivity contribution in [2.45, 2.75) is 25.1 Å². The molecule has 2 aliphatic rings. The molecule has 1 aliphatic carbocycles. The van der Waals surface area contributed by atoms with Crippen molar-refractivity contribution in [2.75, 3.05) is 46.5 Å². The SMILES string of the molecule is CN=C(NCCOCC1CC1)N1CCOC(c2cccc(C(F)(F)F)c2)C1. The maximum absolute atomic E-state index is 13.0. The van der Waals surface area contributed by atoms with Crippen molar-refractivity contribution in [3.05, 3.63) is 35.4 Å². The van der Waals surface area contributed by atoms with Crippen LogP contribution < -0.4 is 5.32 Å². The first-order valence-electron chi connectivity index (χ1n) is 9.29. The highest BCUT2D eigenvalue weighted by Gasteiger charge is 2.32. The van der Waals surface area contributed by atoms with Gasteiger partial charge in [0.15, 0.2) is 5.96 Å². The largest absolute Gasteiger partial charge is 0.416 e. The van der Waals surface area contributed by atoms with E-state index in [1.54, 1.807) is 13.1 Å². The van der Waals surface area contributed by atoms with Crippen LogP contribution in [-0.2, 0) is 15.7 Å². The maximum atomic E-state index is 13.0. The Kier molecular flexibility index (Phi) is 6.59. The zero-order valence-electron chi connectivity index (χ0n) is 15.5. The lowest BCUT2D eigenvalue weighted by Crippen LogP contribution is -2.48. The zero-order chi connectivity index (χ0) is 19.3. The Bertz CT molecular complexity index is 647. The van der Waals surface area contributed by atoms with E-state index in [2.05, 4.69) is 10.3 Å².